The zero-order chi connectivity index (χ0) is 10.6. The predicted molar refractivity (Wildman–Crippen MR) is 54.0 cm³/mol. The second kappa shape index (κ2) is 4.77. The van der Waals surface area contributed by atoms with Crippen LogP contribution in [0.2, 0.25) is 0 Å². The minimum absolute atomic E-state index is 0.0518. The summed E-state index contributed by atoms with van der Waals surface area (Å²) >= 11 is 0. The molecule has 0 amide bonds. The summed E-state index contributed by atoms with van der Waals surface area (Å²) in [5.74, 6) is -0.0957. The van der Waals surface area contributed by atoms with Gasteiger partial charge in [0.15, 0.2) is 5.78 Å². The molecule has 0 aromatic carbocycles. The quantitative estimate of drug-likeness (QED) is 0.695. The van der Waals surface area contributed by atoms with Gasteiger partial charge in [-0.05, 0) is 25.5 Å². The van der Waals surface area contributed by atoms with Crippen molar-refractivity contribution in [2.45, 2.75) is 19.4 Å². The van der Waals surface area contributed by atoms with Crippen molar-refractivity contribution >= 4 is 5.78 Å². The van der Waals surface area contributed by atoms with Crippen LogP contribution in [0.5, 0.6) is 0 Å². The SMILES string of the molecule is C=CCOC1C=C(C(C)=O)C(O)=CC1. The minimum atomic E-state index is -0.148. The highest BCUT2D eigenvalue weighted by molar-refractivity contribution is 5.97. The zero-order valence-electron chi connectivity index (χ0n) is 8.19. The number of aliphatic hydroxyl groups is 1. The van der Waals surface area contributed by atoms with E-state index < -0.39 is 0 Å². The van der Waals surface area contributed by atoms with Crippen LogP contribution in [-0.2, 0) is 9.53 Å². The maximum absolute atomic E-state index is 11.1. The zero-order valence-corrected chi connectivity index (χ0v) is 8.19. The van der Waals surface area contributed by atoms with Gasteiger partial charge in [-0.2, -0.15) is 0 Å². The van der Waals surface area contributed by atoms with E-state index in [1.165, 1.54) is 6.92 Å². The highest BCUT2D eigenvalue weighted by Gasteiger charge is 2.17. The van der Waals surface area contributed by atoms with E-state index in [0.29, 0.717) is 18.6 Å². The molecule has 1 atom stereocenters. The topological polar surface area (TPSA) is 46.5 Å². The Morgan fingerprint density at radius 3 is 3.14 bits per heavy atom. The molecule has 0 spiro atoms. The van der Waals surface area contributed by atoms with Crippen LogP contribution in [-0.4, -0.2) is 23.6 Å². The average Bonchev–Trinajstić information content (AvgIpc) is 2.16. The first-order valence-corrected chi connectivity index (χ1v) is 4.50. The normalized spacial score (nSPS) is 21.1. The van der Waals surface area contributed by atoms with E-state index in [-0.39, 0.29) is 17.6 Å². The van der Waals surface area contributed by atoms with E-state index >= 15 is 0 Å². The fourth-order valence-electron chi connectivity index (χ4n) is 1.28. The maximum Gasteiger partial charge on any atom is 0.163 e. The lowest BCUT2D eigenvalue weighted by Gasteiger charge is -2.17. The lowest BCUT2D eigenvalue weighted by Crippen LogP contribution is -2.16. The molecule has 0 heterocycles. The fraction of sp³-hybridized carbons (Fsp3) is 0.364. The van der Waals surface area contributed by atoms with Gasteiger partial charge in [0.1, 0.15) is 5.76 Å². The van der Waals surface area contributed by atoms with Gasteiger partial charge in [0.05, 0.1) is 18.3 Å². The molecule has 1 aliphatic carbocycles. The monoisotopic (exact) mass is 194 g/mol. The van der Waals surface area contributed by atoms with Crippen LogP contribution in [0, 0.1) is 0 Å². The molecule has 0 radical (unpaired) electrons. The van der Waals surface area contributed by atoms with Crippen molar-refractivity contribution in [2.75, 3.05) is 6.61 Å². The van der Waals surface area contributed by atoms with Gasteiger partial charge in [-0.3, -0.25) is 4.79 Å². The number of aliphatic hydroxyl groups excluding tert-OH is 1. The Labute approximate surface area is 83.4 Å². The number of hydrogen-bond acceptors (Lipinski definition) is 3. The third-order valence-corrected chi connectivity index (χ3v) is 1.98. The molecule has 0 bridgehead atoms. The summed E-state index contributed by atoms with van der Waals surface area (Å²) < 4.78 is 5.36. The summed E-state index contributed by atoms with van der Waals surface area (Å²) in [7, 11) is 0. The summed E-state index contributed by atoms with van der Waals surface area (Å²) in [5, 5.41) is 9.38. The van der Waals surface area contributed by atoms with Crippen LogP contribution in [0.15, 0.2) is 36.1 Å². The third kappa shape index (κ3) is 2.57. The van der Waals surface area contributed by atoms with Crippen LogP contribution in [0.25, 0.3) is 0 Å². The third-order valence-electron chi connectivity index (χ3n) is 1.98. The lowest BCUT2D eigenvalue weighted by atomic mass is 10.0. The number of carbonyl (C=O) groups excluding carboxylic acids is 1. The van der Waals surface area contributed by atoms with E-state index in [1.807, 2.05) is 0 Å². The number of carbonyl (C=O) groups is 1. The Kier molecular flexibility index (Phi) is 3.65. The summed E-state index contributed by atoms with van der Waals surface area (Å²) in [6.45, 7) is 5.40. The molecule has 0 saturated heterocycles. The molecule has 14 heavy (non-hydrogen) atoms. The number of Topliss-reactive ketones (excluding diaryl/α,β-unsaturated/α-hetero) is 1. The summed E-state index contributed by atoms with van der Waals surface area (Å²) in [5.41, 5.74) is 0.338. The number of rotatable bonds is 4. The first kappa shape index (κ1) is 10.7. The Morgan fingerprint density at radius 2 is 2.57 bits per heavy atom. The highest BCUT2D eigenvalue weighted by Crippen LogP contribution is 2.19. The van der Waals surface area contributed by atoms with E-state index in [1.54, 1.807) is 18.2 Å². The number of ketones is 1. The van der Waals surface area contributed by atoms with E-state index in [2.05, 4.69) is 6.58 Å². The largest absolute Gasteiger partial charge is 0.508 e. The molecule has 3 heteroatoms. The average molecular weight is 194 g/mol. The van der Waals surface area contributed by atoms with Gasteiger partial charge in [0.2, 0.25) is 0 Å². The van der Waals surface area contributed by atoms with Gasteiger partial charge >= 0.3 is 0 Å². The van der Waals surface area contributed by atoms with Crippen LogP contribution >= 0.6 is 0 Å². The van der Waals surface area contributed by atoms with E-state index in [4.69, 9.17) is 4.74 Å². The fourth-order valence-corrected chi connectivity index (χ4v) is 1.28. The molecular weight excluding hydrogens is 180 g/mol. The molecular formula is C11H14O3. The minimum Gasteiger partial charge on any atom is -0.508 e. The molecule has 0 aromatic heterocycles. The standard InChI is InChI=1S/C11H14O3/c1-3-6-14-9-4-5-11(13)10(7-9)8(2)12/h3,5,7,9,13H,1,4,6H2,2H3. The molecule has 1 aliphatic rings. The number of hydrogen-bond donors (Lipinski definition) is 1. The van der Waals surface area contributed by atoms with E-state index in [9.17, 15) is 9.90 Å². The van der Waals surface area contributed by atoms with Gasteiger partial charge < -0.3 is 9.84 Å². The van der Waals surface area contributed by atoms with E-state index in [0.717, 1.165) is 0 Å². The Hall–Kier alpha value is -1.35. The van der Waals surface area contributed by atoms with Crippen molar-refractivity contribution in [1.82, 2.24) is 0 Å². The predicted octanol–water partition coefficient (Wildman–Crippen LogP) is 1.92. The first-order valence-electron chi connectivity index (χ1n) is 4.50. The lowest BCUT2D eigenvalue weighted by molar-refractivity contribution is -0.113. The van der Waals surface area contributed by atoms with Gasteiger partial charge in [0.25, 0.3) is 0 Å². The Balaban J connectivity index is 2.69. The van der Waals surface area contributed by atoms with Crippen molar-refractivity contribution < 1.29 is 14.6 Å². The van der Waals surface area contributed by atoms with Gasteiger partial charge in [0, 0.05) is 0 Å². The molecule has 0 saturated carbocycles. The highest BCUT2D eigenvalue weighted by atomic mass is 16.5. The second-order valence-corrected chi connectivity index (χ2v) is 3.12. The molecule has 0 aromatic rings. The van der Waals surface area contributed by atoms with Crippen molar-refractivity contribution in [3.63, 3.8) is 0 Å². The maximum atomic E-state index is 11.1. The smallest absolute Gasteiger partial charge is 0.163 e. The van der Waals surface area contributed by atoms with Gasteiger partial charge in [-0.25, -0.2) is 0 Å². The van der Waals surface area contributed by atoms with Gasteiger partial charge in [-0.15, -0.1) is 6.58 Å². The molecule has 76 valence electrons. The van der Waals surface area contributed by atoms with Crippen molar-refractivity contribution in [2.24, 2.45) is 0 Å². The Morgan fingerprint density at radius 1 is 1.86 bits per heavy atom. The molecule has 1 unspecified atom stereocenters. The molecule has 0 aliphatic heterocycles. The van der Waals surface area contributed by atoms with Crippen LogP contribution < -0.4 is 0 Å². The molecule has 3 nitrogen and oxygen atoms in total. The first-order chi connectivity index (χ1) is 6.65. The van der Waals surface area contributed by atoms with Crippen LogP contribution in [0.4, 0.5) is 0 Å². The van der Waals surface area contributed by atoms with Crippen molar-refractivity contribution in [3.05, 3.63) is 36.1 Å². The number of allylic oxidation sites excluding steroid dienone is 1. The van der Waals surface area contributed by atoms with Crippen molar-refractivity contribution in [3.8, 4) is 0 Å². The molecule has 1 rings (SSSR count). The second-order valence-electron chi connectivity index (χ2n) is 3.12. The summed E-state index contributed by atoms with van der Waals surface area (Å²) in [4.78, 5) is 11.1. The molecule has 1 N–H and O–H groups in total. The Bertz CT molecular complexity index is 300. The van der Waals surface area contributed by atoms with Gasteiger partial charge in [-0.1, -0.05) is 6.08 Å². The summed E-state index contributed by atoms with van der Waals surface area (Å²) in [6.07, 6.45) is 5.37. The van der Waals surface area contributed by atoms with Crippen LogP contribution in [0.3, 0.4) is 0 Å². The summed E-state index contributed by atoms with van der Waals surface area (Å²) in [6, 6.07) is 0. The number of ether oxygens (including phenoxy) is 1. The van der Waals surface area contributed by atoms with Crippen LogP contribution in [0.1, 0.15) is 13.3 Å². The molecule has 0 fully saturated rings. The van der Waals surface area contributed by atoms with Crippen molar-refractivity contribution in [1.29, 1.82) is 0 Å².